The summed E-state index contributed by atoms with van der Waals surface area (Å²) in [5.74, 6) is -3.23. The Bertz CT molecular complexity index is 2100. The van der Waals surface area contributed by atoms with E-state index in [0.29, 0.717) is 44.9 Å². The Morgan fingerprint density at radius 1 is 0.569 bits per heavy atom. The Morgan fingerprint density at radius 2 is 1.00 bits per heavy atom. The standard InChI is InChI=1S/C42H30F3NO5/c1-50-31-20-16-25(17-21-31)33-34(26-18-22-32(51-2)23-19-26)41(28-12-7-4-8-13-28)36-35(40(33,39(41)49)27-10-5-3-6-11-27)37(47)46(38(36)48)30-15-9-14-29(24-30)42(43,44)45/h3-24,35-36H,1-2H3/t35-,36+,40-,41-/m1/s1. The molecule has 1 saturated heterocycles. The summed E-state index contributed by atoms with van der Waals surface area (Å²) in [5, 5.41) is 0. The number of carbonyl (C=O) groups is 3. The van der Waals surface area contributed by atoms with Crippen molar-refractivity contribution in [3.05, 3.63) is 161 Å². The van der Waals surface area contributed by atoms with Gasteiger partial charge in [0.15, 0.2) is 5.78 Å². The maximum absolute atomic E-state index is 16.0. The lowest BCUT2D eigenvalue weighted by molar-refractivity contribution is -0.137. The van der Waals surface area contributed by atoms with Crippen LogP contribution in [0.2, 0.25) is 0 Å². The Labute approximate surface area is 291 Å². The molecule has 3 aliphatic rings. The van der Waals surface area contributed by atoms with E-state index in [2.05, 4.69) is 0 Å². The van der Waals surface area contributed by atoms with Gasteiger partial charge in [0.1, 0.15) is 11.5 Å². The lowest BCUT2D eigenvalue weighted by Gasteiger charge is -2.39. The van der Waals surface area contributed by atoms with E-state index in [0.717, 1.165) is 17.0 Å². The number of hydrogen-bond acceptors (Lipinski definition) is 5. The van der Waals surface area contributed by atoms with Crippen LogP contribution in [0.5, 0.6) is 11.5 Å². The summed E-state index contributed by atoms with van der Waals surface area (Å²) < 4.78 is 52.8. The predicted octanol–water partition coefficient (Wildman–Crippen LogP) is 7.91. The maximum atomic E-state index is 16.0. The molecule has 1 saturated carbocycles. The van der Waals surface area contributed by atoms with E-state index in [9.17, 15) is 13.2 Å². The number of anilines is 1. The van der Waals surface area contributed by atoms with Crippen molar-refractivity contribution in [2.75, 3.05) is 19.1 Å². The van der Waals surface area contributed by atoms with Crippen LogP contribution in [0.15, 0.2) is 133 Å². The normalized spacial score (nSPS) is 23.9. The van der Waals surface area contributed by atoms with Crippen LogP contribution >= 0.6 is 0 Å². The van der Waals surface area contributed by atoms with E-state index in [4.69, 9.17) is 9.47 Å². The number of ether oxygens (including phenoxy) is 2. The molecule has 0 spiro atoms. The second-order valence-corrected chi connectivity index (χ2v) is 12.9. The lowest BCUT2D eigenvalue weighted by atomic mass is 9.59. The first kappa shape index (κ1) is 32.3. The van der Waals surface area contributed by atoms with Gasteiger partial charge in [0.05, 0.1) is 48.1 Å². The molecule has 5 aromatic carbocycles. The number of allylic oxidation sites excluding steroid dienone is 2. The molecule has 9 heteroatoms. The summed E-state index contributed by atoms with van der Waals surface area (Å²) in [6.45, 7) is 0. The van der Waals surface area contributed by atoms with Crippen LogP contribution in [0, 0.1) is 11.8 Å². The van der Waals surface area contributed by atoms with E-state index >= 15 is 14.4 Å². The number of nitrogens with zero attached hydrogens (tertiary/aromatic N) is 1. The van der Waals surface area contributed by atoms with Gasteiger partial charge in [-0.2, -0.15) is 13.2 Å². The quantitative estimate of drug-likeness (QED) is 0.163. The molecule has 0 radical (unpaired) electrons. The summed E-state index contributed by atoms with van der Waals surface area (Å²) in [4.78, 5) is 47.0. The second kappa shape index (κ2) is 11.6. The Balaban J connectivity index is 1.52. The fraction of sp³-hybridized carbons (Fsp3) is 0.167. The number of halogens is 3. The zero-order valence-corrected chi connectivity index (χ0v) is 27.5. The van der Waals surface area contributed by atoms with E-state index in [1.54, 1.807) is 99.1 Å². The molecule has 6 nitrogen and oxygen atoms in total. The average Bonchev–Trinajstić information content (AvgIpc) is 3.67. The highest BCUT2D eigenvalue weighted by Gasteiger charge is 2.82. The van der Waals surface area contributed by atoms with Crippen molar-refractivity contribution in [1.82, 2.24) is 0 Å². The van der Waals surface area contributed by atoms with Crippen LogP contribution in [0.3, 0.4) is 0 Å². The molecule has 1 heterocycles. The van der Waals surface area contributed by atoms with Crippen molar-refractivity contribution < 1.29 is 37.0 Å². The summed E-state index contributed by atoms with van der Waals surface area (Å²) in [5.41, 5.74) is -1.27. The van der Waals surface area contributed by atoms with Gasteiger partial charge in [-0.3, -0.25) is 14.4 Å². The van der Waals surface area contributed by atoms with Gasteiger partial charge in [0, 0.05) is 0 Å². The second-order valence-electron chi connectivity index (χ2n) is 12.9. The highest BCUT2D eigenvalue weighted by atomic mass is 19.4. The molecule has 254 valence electrons. The number of Topliss-reactive ketones (excluding diaryl/α,β-unsaturated/α-hetero) is 1. The van der Waals surface area contributed by atoms with Gasteiger partial charge in [-0.1, -0.05) is 91.0 Å². The van der Waals surface area contributed by atoms with Crippen molar-refractivity contribution in [3.8, 4) is 11.5 Å². The number of hydrogen-bond donors (Lipinski definition) is 0. The van der Waals surface area contributed by atoms with Crippen molar-refractivity contribution in [1.29, 1.82) is 0 Å². The van der Waals surface area contributed by atoms with Crippen molar-refractivity contribution in [2.45, 2.75) is 17.0 Å². The monoisotopic (exact) mass is 685 g/mol. The van der Waals surface area contributed by atoms with E-state index in [1.807, 2.05) is 24.3 Å². The Kier molecular flexibility index (Phi) is 7.31. The third-order valence-electron chi connectivity index (χ3n) is 10.6. The van der Waals surface area contributed by atoms with Gasteiger partial charge < -0.3 is 9.47 Å². The Morgan fingerprint density at radius 3 is 1.39 bits per heavy atom. The number of rotatable bonds is 7. The molecule has 2 amide bonds. The molecule has 1 aliphatic heterocycles. The molecule has 0 unspecified atom stereocenters. The zero-order valence-electron chi connectivity index (χ0n) is 27.5. The first-order chi connectivity index (χ1) is 24.6. The van der Waals surface area contributed by atoms with E-state index in [1.165, 1.54) is 12.1 Å². The van der Waals surface area contributed by atoms with Gasteiger partial charge in [-0.05, 0) is 75.9 Å². The molecular weight excluding hydrogens is 655 g/mol. The molecule has 5 aromatic rings. The molecule has 51 heavy (non-hydrogen) atoms. The van der Waals surface area contributed by atoms with Crippen LogP contribution in [-0.2, 0) is 31.4 Å². The summed E-state index contributed by atoms with van der Waals surface area (Å²) >= 11 is 0. The lowest BCUT2D eigenvalue weighted by Crippen LogP contribution is -2.45. The van der Waals surface area contributed by atoms with Gasteiger partial charge in [0.25, 0.3) is 0 Å². The minimum atomic E-state index is -4.71. The van der Waals surface area contributed by atoms with Crippen LogP contribution < -0.4 is 14.4 Å². The topological polar surface area (TPSA) is 72.9 Å². The molecule has 2 bridgehead atoms. The van der Waals surface area contributed by atoms with Crippen LogP contribution in [0.25, 0.3) is 11.1 Å². The van der Waals surface area contributed by atoms with Gasteiger partial charge in [0.2, 0.25) is 11.8 Å². The third-order valence-corrected chi connectivity index (χ3v) is 10.6. The SMILES string of the molecule is COc1ccc(C2=C(c3ccc(OC)cc3)[C@@]3(c4ccccc4)C(=O)[C@@]2(c2ccccc2)[C@@H]2C(=O)N(c4cccc(C(F)(F)F)c4)C(=O)[C@@H]23)cc1. The molecular formula is C42H30F3NO5. The van der Waals surface area contributed by atoms with Crippen molar-refractivity contribution in [2.24, 2.45) is 11.8 Å². The summed E-state index contributed by atoms with van der Waals surface area (Å²) in [6.07, 6.45) is -4.71. The van der Waals surface area contributed by atoms with Crippen molar-refractivity contribution >= 4 is 34.4 Å². The Hall–Kier alpha value is -5.96. The van der Waals surface area contributed by atoms with Crippen LogP contribution in [0.4, 0.5) is 18.9 Å². The largest absolute Gasteiger partial charge is 0.497 e. The van der Waals surface area contributed by atoms with E-state index < -0.39 is 46.2 Å². The molecule has 8 rings (SSSR count). The number of benzene rings is 5. The fourth-order valence-electron chi connectivity index (χ4n) is 8.72. The van der Waals surface area contributed by atoms with Gasteiger partial charge in [-0.15, -0.1) is 0 Å². The average molecular weight is 686 g/mol. The smallest absolute Gasteiger partial charge is 0.416 e. The highest BCUT2D eigenvalue weighted by molar-refractivity contribution is 6.39. The van der Waals surface area contributed by atoms with Crippen LogP contribution in [0.1, 0.15) is 27.8 Å². The van der Waals surface area contributed by atoms with Gasteiger partial charge >= 0.3 is 6.18 Å². The number of imide groups is 1. The van der Waals surface area contributed by atoms with Crippen molar-refractivity contribution in [3.63, 3.8) is 0 Å². The fourth-order valence-corrected chi connectivity index (χ4v) is 8.72. The molecule has 4 atom stereocenters. The first-order valence-electron chi connectivity index (χ1n) is 16.3. The minimum absolute atomic E-state index is 0.204. The highest BCUT2D eigenvalue weighted by Crippen LogP contribution is 2.74. The van der Waals surface area contributed by atoms with Gasteiger partial charge in [-0.25, -0.2) is 4.90 Å². The predicted molar refractivity (Wildman–Crippen MR) is 185 cm³/mol. The van der Waals surface area contributed by atoms with E-state index in [-0.39, 0.29) is 11.5 Å². The first-order valence-corrected chi connectivity index (χ1v) is 16.3. The number of ketones is 1. The maximum Gasteiger partial charge on any atom is 0.416 e. The molecule has 2 fully saturated rings. The number of methoxy groups -OCH3 is 2. The number of amides is 2. The summed E-state index contributed by atoms with van der Waals surface area (Å²) in [6, 6.07) is 36.4. The number of carbonyl (C=O) groups excluding carboxylic acids is 3. The summed E-state index contributed by atoms with van der Waals surface area (Å²) in [7, 11) is 3.09. The van der Waals surface area contributed by atoms with Crippen LogP contribution in [-0.4, -0.2) is 31.8 Å². The molecule has 0 N–H and O–H groups in total. The number of fused-ring (bicyclic) bond motifs is 5. The molecule has 2 aliphatic carbocycles. The molecule has 0 aromatic heterocycles. The number of alkyl halides is 3. The third kappa shape index (κ3) is 4.33. The minimum Gasteiger partial charge on any atom is -0.497 e. The zero-order chi connectivity index (χ0) is 35.7.